The molecule has 0 aliphatic rings. The predicted octanol–water partition coefficient (Wildman–Crippen LogP) is 1.59. The molecule has 0 atom stereocenters. The summed E-state index contributed by atoms with van der Waals surface area (Å²) in [6, 6.07) is 3.37. The molecular weight excluding hydrogens is 310 g/mol. The van der Waals surface area contributed by atoms with E-state index in [0.29, 0.717) is 22.1 Å². The Hall–Kier alpha value is -2.61. The van der Waals surface area contributed by atoms with Gasteiger partial charge in [0.25, 0.3) is 5.56 Å². The van der Waals surface area contributed by atoms with Crippen LogP contribution in [-0.2, 0) is 0 Å². The van der Waals surface area contributed by atoms with E-state index in [1.54, 1.807) is 19.1 Å². The minimum atomic E-state index is -0.332. The van der Waals surface area contributed by atoms with Crippen LogP contribution in [0.3, 0.4) is 0 Å². The van der Waals surface area contributed by atoms with E-state index >= 15 is 0 Å². The average molecular weight is 324 g/mol. The van der Waals surface area contributed by atoms with Crippen LogP contribution in [0.15, 0.2) is 22.0 Å². The second-order valence-corrected chi connectivity index (χ2v) is 4.60. The lowest BCUT2D eigenvalue weighted by molar-refractivity contribution is 0.355. The number of hydrogen-bond acceptors (Lipinski definition) is 7. The lowest BCUT2D eigenvalue weighted by atomic mass is 10.2. The SMILES string of the molecule is COc1cc(/C=N\Nc2nnc(C)c(=O)[nH]2)cc(Cl)c1OC. The average Bonchev–Trinajstić information content (AvgIpc) is 2.50. The van der Waals surface area contributed by atoms with Crippen LogP contribution in [0.25, 0.3) is 0 Å². The first-order valence-corrected chi connectivity index (χ1v) is 6.57. The van der Waals surface area contributed by atoms with Crippen LogP contribution < -0.4 is 20.5 Å². The maximum atomic E-state index is 11.4. The Morgan fingerprint density at radius 1 is 1.32 bits per heavy atom. The molecule has 22 heavy (non-hydrogen) atoms. The lowest BCUT2D eigenvalue weighted by Crippen LogP contribution is -2.15. The first-order chi connectivity index (χ1) is 10.5. The number of halogens is 1. The van der Waals surface area contributed by atoms with E-state index in [1.165, 1.54) is 20.4 Å². The third-order valence-corrected chi connectivity index (χ3v) is 2.98. The van der Waals surface area contributed by atoms with Gasteiger partial charge >= 0.3 is 0 Å². The van der Waals surface area contributed by atoms with E-state index < -0.39 is 0 Å². The molecule has 0 bridgehead atoms. The van der Waals surface area contributed by atoms with E-state index in [4.69, 9.17) is 21.1 Å². The van der Waals surface area contributed by atoms with Crippen molar-refractivity contribution < 1.29 is 9.47 Å². The second-order valence-electron chi connectivity index (χ2n) is 4.20. The minimum absolute atomic E-state index is 0.137. The van der Waals surface area contributed by atoms with Gasteiger partial charge in [0, 0.05) is 0 Å². The van der Waals surface area contributed by atoms with Gasteiger partial charge in [0.1, 0.15) is 5.69 Å². The molecule has 0 amide bonds. The number of hydrazone groups is 1. The summed E-state index contributed by atoms with van der Waals surface area (Å²) < 4.78 is 10.3. The molecule has 0 spiro atoms. The summed E-state index contributed by atoms with van der Waals surface area (Å²) in [4.78, 5) is 13.9. The van der Waals surface area contributed by atoms with Crippen LogP contribution in [-0.4, -0.2) is 35.6 Å². The van der Waals surface area contributed by atoms with E-state index in [9.17, 15) is 4.79 Å². The van der Waals surface area contributed by atoms with Crippen LogP contribution in [0.4, 0.5) is 5.95 Å². The smallest absolute Gasteiger partial charge is 0.274 e. The van der Waals surface area contributed by atoms with E-state index in [-0.39, 0.29) is 17.2 Å². The molecule has 0 radical (unpaired) electrons. The molecule has 0 aliphatic carbocycles. The Kier molecular flexibility index (Phi) is 4.95. The number of nitrogens with zero attached hydrogens (tertiary/aromatic N) is 3. The van der Waals surface area contributed by atoms with Crippen molar-refractivity contribution >= 4 is 23.8 Å². The molecule has 1 heterocycles. The number of aryl methyl sites for hydroxylation is 1. The van der Waals surface area contributed by atoms with Gasteiger partial charge in [-0.25, -0.2) is 5.43 Å². The summed E-state index contributed by atoms with van der Waals surface area (Å²) in [6.45, 7) is 1.56. The quantitative estimate of drug-likeness (QED) is 0.640. The first kappa shape index (κ1) is 15.8. The highest BCUT2D eigenvalue weighted by Crippen LogP contribution is 2.35. The normalized spacial score (nSPS) is 10.7. The largest absolute Gasteiger partial charge is 0.493 e. The summed E-state index contributed by atoms with van der Waals surface area (Å²) in [5.41, 5.74) is 3.20. The number of hydrogen-bond donors (Lipinski definition) is 2. The summed E-state index contributed by atoms with van der Waals surface area (Å²) in [6.07, 6.45) is 1.49. The van der Waals surface area contributed by atoms with Gasteiger partial charge < -0.3 is 9.47 Å². The van der Waals surface area contributed by atoms with Crippen LogP contribution in [0.5, 0.6) is 11.5 Å². The monoisotopic (exact) mass is 323 g/mol. The fourth-order valence-corrected chi connectivity index (χ4v) is 1.92. The molecule has 2 rings (SSSR count). The lowest BCUT2D eigenvalue weighted by Gasteiger charge is -2.09. The van der Waals surface area contributed by atoms with Gasteiger partial charge in [-0.3, -0.25) is 9.78 Å². The molecule has 0 aliphatic heterocycles. The molecule has 2 aromatic rings. The minimum Gasteiger partial charge on any atom is -0.493 e. The van der Waals surface area contributed by atoms with Crippen molar-refractivity contribution in [2.24, 2.45) is 5.10 Å². The number of ether oxygens (including phenoxy) is 2. The van der Waals surface area contributed by atoms with Crippen LogP contribution in [0.2, 0.25) is 5.02 Å². The highest BCUT2D eigenvalue weighted by atomic mass is 35.5. The fourth-order valence-electron chi connectivity index (χ4n) is 1.62. The highest BCUT2D eigenvalue weighted by molar-refractivity contribution is 6.32. The number of H-pyrrole nitrogens is 1. The highest BCUT2D eigenvalue weighted by Gasteiger charge is 2.09. The molecule has 9 heteroatoms. The standard InChI is InChI=1S/C13H14ClN5O3/c1-7-12(20)16-13(19-17-7)18-15-6-8-4-9(14)11(22-3)10(5-8)21-2/h4-6H,1-3H3,(H2,16,18,19,20)/b15-6-. The van der Waals surface area contributed by atoms with Gasteiger partial charge in [-0.05, 0) is 24.6 Å². The topological polar surface area (TPSA) is 101 Å². The van der Waals surface area contributed by atoms with E-state index in [2.05, 4.69) is 25.7 Å². The van der Waals surface area contributed by atoms with Crippen molar-refractivity contribution in [1.82, 2.24) is 15.2 Å². The molecule has 8 nitrogen and oxygen atoms in total. The Morgan fingerprint density at radius 3 is 2.73 bits per heavy atom. The van der Waals surface area contributed by atoms with Crippen LogP contribution in [0, 0.1) is 6.92 Å². The summed E-state index contributed by atoms with van der Waals surface area (Å²) in [7, 11) is 3.02. The van der Waals surface area contributed by atoms with Crippen molar-refractivity contribution in [3.63, 3.8) is 0 Å². The zero-order valence-corrected chi connectivity index (χ0v) is 12.9. The predicted molar refractivity (Wildman–Crippen MR) is 83.2 cm³/mol. The van der Waals surface area contributed by atoms with Gasteiger partial charge in [0.15, 0.2) is 11.5 Å². The number of benzene rings is 1. The summed E-state index contributed by atoms with van der Waals surface area (Å²) in [5, 5.41) is 11.8. The van der Waals surface area contributed by atoms with Crippen molar-refractivity contribution in [2.75, 3.05) is 19.6 Å². The molecule has 2 N–H and O–H groups in total. The third-order valence-electron chi connectivity index (χ3n) is 2.70. The molecule has 0 saturated carbocycles. The maximum Gasteiger partial charge on any atom is 0.274 e. The Morgan fingerprint density at radius 2 is 2.09 bits per heavy atom. The first-order valence-electron chi connectivity index (χ1n) is 6.19. The Balaban J connectivity index is 2.18. The molecular formula is C13H14ClN5O3. The van der Waals surface area contributed by atoms with Gasteiger partial charge in [0.05, 0.1) is 25.5 Å². The number of methoxy groups -OCH3 is 2. The molecule has 1 aromatic heterocycles. The van der Waals surface area contributed by atoms with Gasteiger partial charge in [-0.1, -0.05) is 11.6 Å². The van der Waals surface area contributed by atoms with Gasteiger partial charge in [0.2, 0.25) is 5.95 Å². The Bertz CT molecular complexity index is 760. The number of anilines is 1. The maximum absolute atomic E-state index is 11.4. The van der Waals surface area contributed by atoms with Crippen LogP contribution in [0.1, 0.15) is 11.3 Å². The van der Waals surface area contributed by atoms with Crippen molar-refractivity contribution in [2.45, 2.75) is 6.92 Å². The van der Waals surface area contributed by atoms with E-state index in [1.807, 2.05) is 0 Å². The molecule has 0 saturated heterocycles. The fraction of sp³-hybridized carbons (Fsp3) is 0.231. The summed E-state index contributed by atoms with van der Waals surface area (Å²) >= 11 is 6.09. The van der Waals surface area contributed by atoms with Crippen molar-refractivity contribution in [3.8, 4) is 11.5 Å². The number of aromatic amines is 1. The molecule has 0 fully saturated rings. The number of nitrogens with one attached hydrogen (secondary N) is 2. The third kappa shape index (κ3) is 3.53. The zero-order valence-electron chi connectivity index (χ0n) is 12.2. The van der Waals surface area contributed by atoms with Crippen LogP contribution >= 0.6 is 11.6 Å². The number of aromatic nitrogens is 3. The molecule has 116 valence electrons. The Labute approximate surface area is 131 Å². The van der Waals surface area contributed by atoms with Crippen molar-refractivity contribution in [3.05, 3.63) is 38.8 Å². The van der Waals surface area contributed by atoms with E-state index in [0.717, 1.165) is 0 Å². The van der Waals surface area contributed by atoms with Gasteiger partial charge in [-0.2, -0.15) is 5.10 Å². The van der Waals surface area contributed by atoms with Gasteiger partial charge in [-0.15, -0.1) is 10.2 Å². The van der Waals surface area contributed by atoms with Crippen molar-refractivity contribution in [1.29, 1.82) is 0 Å². The second kappa shape index (κ2) is 6.90. The molecule has 0 unspecified atom stereocenters. The zero-order chi connectivity index (χ0) is 16.1. The number of rotatable bonds is 5. The summed E-state index contributed by atoms with van der Waals surface area (Å²) in [5.74, 6) is 1.07. The molecule has 1 aromatic carbocycles.